The first-order valence-corrected chi connectivity index (χ1v) is 16.7. The molecule has 2 saturated heterocycles. The minimum absolute atomic E-state index is 0.0260. The fourth-order valence-corrected chi connectivity index (χ4v) is 4.36. The van der Waals surface area contributed by atoms with E-state index in [0.717, 1.165) is 0 Å². The molecule has 0 bridgehead atoms. The van der Waals surface area contributed by atoms with E-state index in [9.17, 15) is 43.5 Å². The number of alkyl halides is 2. The Labute approximate surface area is 294 Å². The fourth-order valence-electron chi connectivity index (χ4n) is 4.08. The van der Waals surface area contributed by atoms with Crippen LogP contribution in [-0.4, -0.2) is 110 Å². The number of nitrogens with zero attached hydrogens (tertiary/aromatic N) is 2. The number of hydrogen-bond donors (Lipinski definition) is 3. The maximum atomic E-state index is 13.7. The Balaban J connectivity index is 2.16. The van der Waals surface area contributed by atoms with Crippen LogP contribution in [0.5, 0.6) is 0 Å². The zero-order chi connectivity index (χ0) is 36.4. The van der Waals surface area contributed by atoms with Gasteiger partial charge < -0.3 is 34.9 Å². The smallest absolute Gasteiger partial charge is 0.334 e. The highest BCUT2D eigenvalue weighted by molar-refractivity contribution is 9.10. The summed E-state index contributed by atoms with van der Waals surface area (Å²) in [5.41, 5.74) is -1.53. The molecule has 0 spiro atoms. The summed E-state index contributed by atoms with van der Waals surface area (Å²) in [6, 6.07) is -1.42. The molecule has 2 aliphatic heterocycles. The molecule has 0 aromatic rings. The molecule has 0 radical (unpaired) electrons. The van der Waals surface area contributed by atoms with E-state index in [2.05, 4.69) is 42.5 Å². The van der Waals surface area contributed by atoms with E-state index in [1.54, 1.807) is 13.8 Å². The van der Waals surface area contributed by atoms with Gasteiger partial charge in [-0.1, -0.05) is 31.9 Å². The Bertz CT molecular complexity index is 1250. The van der Waals surface area contributed by atoms with Crippen molar-refractivity contribution in [2.75, 3.05) is 26.4 Å². The van der Waals surface area contributed by atoms with E-state index in [0.29, 0.717) is 10.1 Å². The molecule has 2 aliphatic rings. The molecule has 2 fully saturated rings. The first-order chi connectivity index (χ1) is 22.1. The van der Waals surface area contributed by atoms with Crippen LogP contribution in [0.15, 0.2) is 0 Å². The van der Waals surface area contributed by atoms with Gasteiger partial charge in [-0.25, -0.2) is 9.59 Å². The van der Waals surface area contributed by atoms with Crippen molar-refractivity contribution >= 4 is 79.3 Å². The predicted molar refractivity (Wildman–Crippen MR) is 170 cm³/mol. The third-order valence-electron chi connectivity index (χ3n) is 6.84. The maximum Gasteiger partial charge on any atom is 0.334 e. The summed E-state index contributed by atoms with van der Waals surface area (Å²) >= 11 is 6.65. The lowest BCUT2D eigenvalue weighted by Gasteiger charge is -2.31. The van der Waals surface area contributed by atoms with Crippen LogP contribution in [0, 0.1) is 5.41 Å². The van der Waals surface area contributed by atoms with Gasteiger partial charge in [0.15, 0.2) is 6.23 Å². The van der Waals surface area contributed by atoms with Gasteiger partial charge in [-0.2, -0.15) is 0 Å². The quantitative estimate of drug-likeness (QED) is 0.0985. The van der Waals surface area contributed by atoms with Gasteiger partial charge in [0.1, 0.15) is 22.4 Å². The highest BCUT2D eigenvalue weighted by Crippen LogP contribution is 2.25. The minimum Gasteiger partial charge on any atom is -0.463 e. The normalized spacial score (nSPS) is 18.7. The topological polar surface area (TPSA) is 224 Å². The molecule has 2 heterocycles. The number of aliphatic hydroxyl groups is 1. The molecule has 270 valence electrons. The van der Waals surface area contributed by atoms with Gasteiger partial charge in [-0.3, -0.25) is 28.8 Å². The van der Waals surface area contributed by atoms with Gasteiger partial charge in [0.2, 0.25) is 11.8 Å². The van der Waals surface area contributed by atoms with Crippen LogP contribution in [-0.2, 0) is 57.5 Å². The summed E-state index contributed by atoms with van der Waals surface area (Å²) in [7, 11) is 0. The van der Waals surface area contributed by atoms with Crippen molar-refractivity contribution < 1.29 is 62.6 Å². The first-order valence-electron chi connectivity index (χ1n) is 15.1. The summed E-state index contributed by atoms with van der Waals surface area (Å²) in [4.78, 5) is 109. The fraction of sp³-hybridized carbons (Fsp3) is 0.724. The highest BCUT2D eigenvalue weighted by atomic mass is 79.9. The van der Waals surface area contributed by atoms with Crippen molar-refractivity contribution in [2.45, 2.75) is 100 Å². The Morgan fingerprint density at radius 1 is 0.875 bits per heavy atom. The van der Waals surface area contributed by atoms with Crippen molar-refractivity contribution in [3.8, 4) is 0 Å². The summed E-state index contributed by atoms with van der Waals surface area (Å²) < 4.78 is 9.62. The van der Waals surface area contributed by atoms with Crippen molar-refractivity contribution in [3.63, 3.8) is 0 Å². The number of hydroxylamine groups is 4. The summed E-state index contributed by atoms with van der Waals surface area (Å²) in [5.74, 6) is -6.18. The number of nitrogens with one attached hydrogen (secondary N) is 2. The Morgan fingerprint density at radius 3 is 2.02 bits per heavy atom. The molecule has 0 aliphatic carbocycles. The molecular weight excluding hydrogens is 772 g/mol. The lowest BCUT2D eigenvalue weighted by molar-refractivity contribution is -0.220. The Hall–Kier alpha value is -3.16. The van der Waals surface area contributed by atoms with Crippen molar-refractivity contribution in [3.05, 3.63) is 0 Å². The molecule has 17 nitrogen and oxygen atoms in total. The van der Waals surface area contributed by atoms with Gasteiger partial charge in [0.25, 0.3) is 17.7 Å². The van der Waals surface area contributed by atoms with Gasteiger partial charge in [0.05, 0.1) is 26.1 Å². The number of carbonyl (C=O) groups is 8. The number of rotatable bonds is 18. The van der Waals surface area contributed by atoms with Crippen LogP contribution in [0.2, 0.25) is 0 Å². The number of carbonyl (C=O) groups excluding carboxylic acids is 8. The van der Waals surface area contributed by atoms with E-state index in [-0.39, 0.29) is 51.9 Å². The number of hydrogen-bond acceptors (Lipinski definition) is 13. The standard InChI is InChI=1S/C29H42Br2N4O13/c1-27(2,30)14-45-15-29(5,16-46-26(44)28(3,4)31)25(43)33-17(6-11-22(40)47-34-18(36)7-8-19(34)37)24(42)32-13-12-23(41)48-35-20(38)9-10-21(35)39/h17-18,36H,6-16H2,1-5H3,(H,32,42)(H,33,43). The van der Waals surface area contributed by atoms with Gasteiger partial charge >= 0.3 is 17.9 Å². The molecule has 48 heavy (non-hydrogen) atoms. The lowest BCUT2D eigenvalue weighted by Crippen LogP contribution is -2.54. The highest BCUT2D eigenvalue weighted by Gasteiger charge is 2.40. The number of amides is 5. The minimum atomic E-state index is -1.53. The molecule has 3 unspecified atom stereocenters. The zero-order valence-corrected chi connectivity index (χ0v) is 30.6. The summed E-state index contributed by atoms with van der Waals surface area (Å²) in [6.07, 6.45) is -2.76. The molecule has 3 atom stereocenters. The van der Waals surface area contributed by atoms with Crippen molar-refractivity contribution in [2.24, 2.45) is 5.41 Å². The van der Waals surface area contributed by atoms with Gasteiger partial charge in [0, 0.05) is 36.6 Å². The van der Waals surface area contributed by atoms with E-state index >= 15 is 0 Å². The van der Waals surface area contributed by atoms with E-state index < -0.39 is 93.2 Å². The second kappa shape index (κ2) is 17.5. The van der Waals surface area contributed by atoms with E-state index in [4.69, 9.17) is 19.1 Å². The molecule has 0 aromatic carbocycles. The second-order valence-electron chi connectivity index (χ2n) is 12.7. The van der Waals surface area contributed by atoms with Crippen LogP contribution >= 0.6 is 31.9 Å². The van der Waals surface area contributed by atoms with Crippen molar-refractivity contribution in [1.82, 2.24) is 20.8 Å². The SMILES string of the molecule is CC(C)(Br)COCC(C)(COC(=O)C(C)(C)Br)C(=O)NC(CCC(=O)ON1C(=O)CCC1O)C(=O)NCCC(=O)ON1C(=O)CCC1=O. The number of imide groups is 1. The Morgan fingerprint density at radius 2 is 1.48 bits per heavy atom. The number of aliphatic hydroxyl groups excluding tert-OH is 1. The largest absolute Gasteiger partial charge is 0.463 e. The monoisotopic (exact) mass is 812 g/mol. The average molecular weight is 814 g/mol. The van der Waals surface area contributed by atoms with E-state index in [1.165, 1.54) is 6.92 Å². The Kier molecular flexibility index (Phi) is 14.9. The number of esters is 1. The predicted octanol–water partition coefficient (Wildman–Crippen LogP) is 0.677. The van der Waals surface area contributed by atoms with Crippen molar-refractivity contribution in [1.29, 1.82) is 0 Å². The number of halogens is 2. The molecule has 19 heteroatoms. The average Bonchev–Trinajstić information content (AvgIpc) is 3.46. The molecule has 3 N–H and O–H groups in total. The van der Waals surface area contributed by atoms with Gasteiger partial charge in [-0.05, 0) is 41.0 Å². The molecule has 0 aromatic heterocycles. The molecular formula is C29H42Br2N4O13. The molecule has 2 rings (SSSR count). The summed E-state index contributed by atoms with van der Waals surface area (Å²) in [5, 5.41) is 15.8. The zero-order valence-electron chi connectivity index (χ0n) is 27.4. The van der Waals surface area contributed by atoms with E-state index in [1.807, 2.05) is 13.8 Å². The van der Waals surface area contributed by atoms with Crippen LogP contribution in [0.25, 0.3) is 0 Å². The first kappa shape index (κ1) is 41.0. The third kappa shape index (κ3) is 13.0. The lowest BCUT2D eigenvalue weighted by atomic mass is 9.90. The van der Waals surface area contributed by atoms with Crippen LogP contribution in [0.3, 0.4) is 0 Å². The molecule has 5 amide bonds. The molecule has 0 saturated carbocycles. The summed E-state index contributed by atoms with van der Waals surface area (Å²) in [6.45, 7) is 7.38. The number of ether oxygens (including phenoxy) is 2. The van der Waals surface area contributed by atoms with Gasteiger partial charge in [-0.15, -0.1) is 10.1 Å². The van der Waals surface area contributed by atoms with Crippen LogP contribution in [0.1, 0.15) is 79.6 Å². The maximum absolute atomic E-state index is 13.7. The third-order valence-corrected chi connectivity index (χ3v) is 7.39. The van der Waals surface area contributed by atoms with Crippen LogP contribution in [0.4, 0.5) is 0 Å². The second-order valence-corrected chi connectivity index (χ2v) is 16.8. The van der Waals surface area contributed by atoms with Crippen LogP contribution < -0.4 is 10.6 Å².